The van der Waals surface area contributed by atoms with Crippen molar-refractivity contribution in [2.75, 3.05) is 5.73 Å². The standard InChI is InChI=1S/C15H9FIN3O/c16-12-2-9(6-18)1-11(3-12)8-21-15-13(17)4-10(7-19)5-14(15)20/h1-5H,8,20H2. The number of hydrogen-bond acceptors (Lipinski definition) is 4. The van der Waals surface area contributed by atoms with Gasteiger partial charge in [-0.1, -0.05) is 0 Å². The van der Waals surface area contributed by atoms with Crippen LogP contribution in [0.25, 0.3) is 0 Å². The molecule has 0 radical (unpaired) electrons. The lowest BCUT2D eigenvalue weighted by molar-refractivity contribution is 0.305. The summed E-state index contributed by atoms with van der Waals surface area (Å²) in [6.45, 7) is 0.0819. The van der Waals surface area contributed by atoms with Gasteiger partial charge in [-0.05, 0) is 58.5 Å². The highest BCUT2D eigenvalue weighted by atomic mass is 127. The maximum absolute atomic E-state index is 13.3. The van der Waals surface area contributed by atoms with Crippen LogP contribution in [0.15, 0.2) is 30.3 Å². The molecule has 2 rings (SSSR count). The maximum atomic E-state index is 13.3. The van der Waals surface area contributed by atoms with Crippen molar-refractivity contribution in [1.29, 1.82) is 10.5 Å². The molecule has 4 nitrogen and oxygen atoms in total. The number of rotatable bonds is 3. The number of ether oxygens (including phenoxy) is 1. The largest absolute Gasteiger partial charge is 0.486 e. The molecule has 0 unspecified atom stereocenters. The zero-order chi connectivity index (χ0) is 15.4. The summed E-state index contributed by atoms with van der Waals surface area (Å²) in [6, 6.07) is 11.1. The third kappa shape index (κ3) is 3.61. The maximum Gasteiger partial charge on any atom is 0.156 e. The fourth-order valence-corrected chi connectivity index (χ4v) is 2.59. The highest BCUT2D eigenvalue weighted by Crippen LogP contribution is 2.30. The normalized spacial score (nSPS) is 9.71. The van der Waals surface area contributed by atoms with E-state index in [-0.39, 0.29) is 12.2 Å². The Bertz CT molecular complexity index is 754. The van der Waals surface area contributed by atoms with E-state index in [0.29, 0.717) is 26.1 Å². The summed E-state index contributed by atoms with van der Waals surface area (Å²) < 4.78 is 19.6. The highest BCUT2D eigenvalue weighted by molar-refractivity contribution is 14.1. The van der Waals surface area contributed by atoms with Crippen LogP contribution in [-0.4, -0.2) is 0 Å². The van der Waals surface area contributed by atoms with E-state index in [2.05, 4.69) is 0 Å². The van der Waals surface area contributed by atoms with Crippen molar-refractivity contribution in [1.82, 2.24) is 0 Å². The summed E-state index contributed by atoms with van der Waals surface area (Å²) in [4.78, 5) is 0. The Morgan fingerprint density at radius 3 is 2.38 bits per heavy atom. The first-order chi connectivity index (χ1) is 10.0. The SMILES string of the molecule is N#Cc1cc(F)cc(COc2c(N)cc(C#N)cc2I)c1. The van der Waals surface area contributed by atoms with Gasteiger partial charge in [0.2, 0.25) is 0 Å². The predicted octanol–water partition coefficient (Wildman–Crippen LogP) is 3.33. The third-order valence-corrected chi connectivity index (χ3v) is 3.47. The van der Waals surface area contributed by atoms with Gasteiger partial charge in [0.25, 0.3) is 0 Å². The zero-order valence-corrected chi connectivity index (χ0v) is 12.9. The molecule has 0 bridgehead atoms. The number of nitrogen functional groups attached to an aromatic ring is 1. The second-order valence-electron chi connectivity index (χ2n) is 4.24. The van der Waals surface area contributed by atoms with E-state index in [1.807, 2.05) is 34.7 Å². The van der Waals surface area contributed by atoms with Gasteiger partial charge in [0, 0.05) is 0 Å². The summed E-state index contributed by atoms with van der Waals surface area (Å²) in [7, 11) is 0. The van der Waals surface area contributed by atoms with Crippen LogP contribution in [0.5, 0.6) is 5.75 Å². The van der Waals surface area contributed by atoms with E-state index in [1.54, 1.807) is 12.1 Å². The van der Waals surface area contributed by atoms with Gasteiger partial charge < -0.3 is 10.5 Å². The fraction of sp³-hybridized carbons (Fsp3) is 0.0667. The van der Waals surface area contributed by atoms with Crippen LogP contribution in [0.4, 0.5) is 10.1 Å². The van der Waals surface area contributed by atoms with Crippen LogP contribution in [0.1, 0.15) is 16.7 Å². The summed E-state index contributed by atoms with van der Waals surface area (Å²) in [5.41, 5.74) is 7.40. The zero-order valence-electron chi connectivity index (χ0n) is 10.7. The molecular weight excluding hydrogens is 384 g/mol. The van der Waals surface area contributed by atoms with Gasteiger partial charge in [0.05, 0.1) is 32.5 Å². The number of nitrogens with two attached hydrogens (primary N) is 1. The van der Waals surface area contributed by atoms with E-state index in [9.17, 15) is 4.39 Å². The lowest BCUT2D eigenvalue weighted by Crippen LogP contribution is -2.02. The van der Waals surface area contributed by atoms with E-state index < -0.39 is 5.82 Å². The molecule has 0 amide bonds. The Hall–Kier alpha value is -2.32. The minimum atomic E-state index is -0.491. The monoisotopic (exact) mass is 393 g/mol. The smallest absolute Gasteiger partial charge is 0.156 e. The second-order valence-corrected chi connectivity index (χ2v) is 5.40. The average molecular weight is 393 g/mol. The van der Waals surface area contributed by atoms with Crippen LogP contribution in [0.3, 0.4) is 0 Å². The third-order valence-electron chi connectivity index (χ3n) is 2.67. The second kappa shape index (κ2) is 6.42. The Balaban J connectivity index is 2.23. The van der Waals surface area contributed by atoms with E-state index in [1.165, 1.54) is 12.1 Å². The number of halogens is 2. The number of benzene rings is 2. The van der Waals surface area contributed by atoms with Crippen molar-refractivity contribution < 1.29 is 9.13 Å². The number of nitrogens with zero attached hydrogens (tertiary/aromatic N) is 2. The topological polar surface area (TPSA) is 82.8 Å². The van der Waals surface area contributed by atoms with Crippen LogP contribution in [-0.2, 0) is 6.61 Å². The molecule has 6 heteroatoms. The molecule has 2 aromatic carbocycles. The summed E-state index contributed by atoms with van der Waals surface area (Å²) in [6.07, 6.45) is 0. The average Bonchev–Trinajstić information content (AvgIpc) is 2.45. The van der Waals surface area contributed by atoms with Gasteiger partial charge in [-0.3, -0.25) is 0 Å². The number of anilines is 1. The first kappa shape index (κ1) is 15.1. The molecule has 2 aromatic rings. The predicted molar refractivity (Wildman–Crippen MR) is 83.7 cm³/mol. The van der Waals surface area contributed by atoms with Gasteiger partial charge in [-0.2, -0.15) is 10.5 Å². The van der Waals surface area contributed by atoms with Crippen molar-refractivity contribution in [2.45, 2.75) is 6.61 Å². The minimum absolute atomic E-state index is 0.0819. The first-order valence-electron chi connectivity index (χ1n) is 5.85. The van der Waals surface area contributed by atoms with Gasteiger partial charge >= 0.3 is 0 Å². The molecule has 0 spiro atoms. The molecule has 0 aromatic heterocycles. The molecule has 0 aliphatic heterocycles. The van der Waals surface area contributed by atoms with Gasteiger partial charge in [-0.25, -0.2) is 4.39 Å². The van der Waals surface area contributed by atoms with Crippen molar-refractivity contribution in [3.63, 3.8) is 0 Å². The number of hydrogen-bond donors (Lipinski definition) is 1. The van der Waals surface area contributed by atoms with Gasteiger partial charge in [-0.15, -0.1) is 0 Å². The van der Waals surface area contributed by atoms with E-state index >= 15 is 0 Å². The molecular formula is C15H9FIN3O. The van der Waals surface area contributed by atoms with Crippen LogP contribution >= 0.6 is 22.6 Å². The molecule has 0 saturated heterocycles. The van der Waals surface area contributed by atoms with Crippen molar-refractivity contribution in [3.8, 4) is 17.9 Å². The van der Waals surface area contributed by atoms with E-state index in [0.717, 1.165) is 6.07 Å². The molecule has 0 aliphatic rings. The van der Waals surface area contributed by atoms with Crippen molar-refractivity contribution in [2.24, 2.45) is 0 Å². The molecule has 0 heterocycles. The van der Waals surface area contributed by atoms with Crippen LogP contribution in [0.2, 0.25) is 0 Å². The van der Waals surface area contributed by atoms with Crippen molar-refractivity contribution >= 4 is 28.3 Å². The lowest BCUT2D eigenvalue weighted by atomic mass is 10.1. The highest BCUT2D eigenvalue weighted by Gasteiger charge is 2.09. The molecule has 0 saturated carbocycles. The summed E-state index contributed by atoms with van der Waals surface area (Å²) in [5, 5.41) is 17.7. The molecule has 2 N–H and O–H groups in total. The molecule has 0 aliphatic carbocycles. The quantitative estimate of drug-likeness (QED) is 0.641. The molecule has 0 fully saturated rings. The molecule has 104 valence electrons. The van der Waals surface area contributed by atoms with Crippen molar-refractivity contribution in [3.05, 3.63) is 56.4 Å². The number of nitriles is 2. The Labute approximate surface area is 134 Å². The fourth-order valence-electron chi connectivity index (χ4n) is 1.79. The molecule has 0 atom stereocenters. The van der Waals surface area contributed by atoms with E-state index in [4.69, 9.17) is 21.0 Å². The lowest BCUT2D eigenvalue weighted by Gasteiger charge is -2.11. The minimum Gasteiger partial charge on any atom is -0.486 e. The van der Waals surface area contributed by atoms with Crippen LogP contribution < -0.4 is 10.5 Å². The van der Waals surface area contributed by atoms with Crippen LogP contribution in [0, 0.1) is 32.0 Å². The Morgan fingerprint density at radius 1 is 1.10 bits per heavy atom. The van der Waals surface area contributed by atoms with Gasteiger partial charge in [0.1, 0.15) is 12.4 Å². The summed E-state index contributed by atoms with van der Waals surface area (Å²) >= 11 is 2.02. The molecule has 21 heavy (non-hydrogen) atoms. The van der Waals surface area contributed by atoms with Gasteiger partial charge in [0.15, 0.2) is 5.75 Å². The first-order valence-corrected chi connectivity index (χ1v) is 6.93. The Morgan fingerprint density at radius 2 is 1.76 bits per heavy atom. The Kier molecular flexibility index (Phi) is 4.61. The summed E-state index contributed by atoms with van der Waals surface area (Å²) in [5.74, 6) is -0.0486.